The van der Waals surface area contributed by atoms with Crippen molar-refractivity contribution in [2.24, 2.45) is 5.92 Å². The van der Waals surface area contributed by atoms with E-state index in [0.29, 0.717) is 18.5 Å². The van der Waals surface area contributed by atoms with Crippen molar-refractivity contribution < 1.29 is 4.79 Å². The Morgan fingerprint density at radius 3 is 2.82 bits per heavy atom. The Kier molecular flexibility index (Phi) is 6.52. The van der Waals surface area contributed by atoms with Crippen LogP contribution in [0, 0.1) is 5.92 Å². The maximum atomic E-state index is 11.6. The monoisotopic (exact) mass is 241 g/mol. The van der Waals surface area contributed by atoms with Gasteiger partial charge in [0, 0.05) is 12.6 Å². The van der Waals surface area contributed by atoms with Crippen molar-refractivity contribution in [2.45, 2.75) is 39.2 Å². The van der Waals surface area contributed by atoms with Gasteiger partial charge in [0.05, 0.1) is 6.54 Å². The fourth-order valence-corrected chi connectivity index (χ4v) is 2.06. The molecular formula is C13H27N3O. The fraction of sp³-hybridized carbons (Fsp3) is 0.923. The van der Waals surface area contributed by atoms with Crippen LogP contribution in [-0.4, -0.2) is 50.1 Å². The lowest BCUT2D eigenvalue weighted by Gasteiger charge is -2.16. The average Bonchev–Trinajstić information content (AvgIpc) is 2.48. The van der Waals surface area contributed by atoms with Gasteiger partial charge in [0.15, 0.2) is 0 Å². The molecule has 2 N–H and O–H groups in total. The normalized spacial score (nSPS) is 22.5. The van der Waals surface area contributed by atoms with Crippen LogP contribution in [0.4, 0.5) is 0 Å². The highest BCUT2D eigenvalue weighted by Gasteiger charge is 2.15. The molecule has 0 aromatic heterocycles. The summed E-state index contributed by atoms with van der Waals surface area (Å²) in [7, 11) is 2.16. The lowest BCUT2D eigenvalue weighted by atomic mass is 10.1. The van der Waals surface area contributed by atoms with Crippen molar-refractivity contribution in [3.05, 3.63) is 0 Å². The van der Waals surface area contributed by atoms with E-state index in [1.165, 1.54) is 19.4 Å². The van der Waals surface area contributed by atoms with Gasteiger partial charge >= 0.3 is 0 Å². The largest absolute Gasteiger partial charge is 0.355 e. The summed E-state index contributed by atoms with van der Waals surface area (Å²) in [6.07, 6.45) is 3.55. The third-order valence-corrected chi connectivity index (χ3v) is 3.21. The molecule has 100 valence electrons. The maximum absolute atomic E-state index is 11.6. The predicted molar refractivity (Wildman–Crippen MR) is 71.0 cm³/mol. The summed E-state index contributed by atoms with van der Waals surface area (Å²) in [6.45, 7) is 7.75. The number of likely N-dealkylation sites (tertiary alicyclic amines) is 1. The molecule has 1 aliphatic heterocycles. The lowest BCUT2D eigenvalue weighted by molar-refractivity contribution is -0.120. The molecule has 4 heteroatoms. The van der Waals surface area contributed by atoms with Crippen molar-refractivity contribution in [3.8, 4) is 0 Å². The highest BCUT2D eigenvalue weighted by molar-refractivity contribution is 5.77. The number of carbonyl (C=O) groups is 1. The van der Waals surface area contributed by atoms with Crippen LogP contribution in [0.2, 0.25) is 0 Å². The molecule has 1 rings (SSSR count). The summed E-state index contributed by atoms with van der Waals surface area (Å²) in [6, 6.07) is 0.504. The third kappa shape index (κ3) is 6.64. The zero-order valence-electron chi connectivity index (χ0n) is 11.5. The van der Waals surface area contributed by atoms with Crippen LogP contribution in [0.25, 0.3) is 0 Å². The van der Waals surface area contributed by atoms with Crippen molar-refractivity contribution in [3.63, 3.8) is 0 Å². The van der Waals surface area contributed by atoms with E-state index in [1.54, 1.807) is 0 Å². The Labute approximate surface area is 105 Å². The molecule has 1 unspecified atom stereocenters. The minimum atomic E-state index is 0.122. The zero-order valence-corrected chi connectivity index (χ0v) is 11.5. The number of rotatable bonds is 5. The van der Waals surface area contributed by atoms with Crippen LogP contribution < -0.4 is 10.6 Å². The number of carbonyl (C=O) groups excluding carboxylic acids is 1. The van der Waals surface area contributed by atoms with E-state index in [-0.39, 0.29) is 5.91 Å². The molecule has 0 bridgehead atoms. The Morgan fingerprint density at radius 1 is 1.35 bits per heavy atom. The first kappa shape index (κ1) is 14.5. The molecule has 1 atom stereocenters. The van der Waals surface area contributed by atoms with Crippen LogP contribution in [-0.2, 0) is 4.79 Å². The number of hydrogen-bond acceptors (Lipinski definition) is 3. The van der Waals surface area contributed by atoms with Gasteiger partial charge in [-0.05, 0) is 45.3 Å². The first-order valence-corrected chi connectivity index (χ1v) is 6.76. The smallest absolute Gasteiger partial charge is 0.233 e. The van der Waals surface area contributed by atoms with Crippen LogP contribution in [0.15, 0.2) is 0 Å². The molecule has 0 aromatic carbocycles. The number of amides is 1. The van der Waals surface area contributed by atoms with Gasteiger partial charge < -0.3 is 15.5 Å². The van der Waals surface area contributed by atoms with Gasteiger partial charge in [0.1, 0.15) is 0 Å². The van der Waals surface area contributed by atoms with Crippen LogP contribution in [0.5, 0.6) is 0 Å². The summed E-state index contributed by atoms with van der Waals surface area (Å²) in [5, 5.41) is 6.30. The molecule has 0 spiro atoms. The highest BCUT2D eigenvalue weighted by atomic mass is 16.1. The Balaban J connectivity index is 2.14. The number of hydrogen-bond donors (Lipinski definition) is 2. The van der Waals surface area contributed by atoms with Gasteiger partial charge in [-0.1, -0.05) is 13.8 Å². The van der Waals surface area contributed by atoms with Crippen LogP contribution in [0.1, 0.15) is 33.1 Å². The van der Waals surface area contributed by atoms with Crippen molar-refractivity contribution in [1.82, 2.24) is 15.5 Å². The van der Waals surface area contributed by atoms with Crippen LogP contribution in [0.3, 0.4) is 0 Å². The van der Waals surface area contributed by atoms with E-state index in [2.05, 4.69) is 36.4 Å². The van der Waals surface area contributed by atoms with Crippen molar-refractivity contribution in [2.75, 3.05) is 33.2 Å². The average molecular weight is 241 g/mol. The van der Waals surface area contributed by atoms with E-state index in [0.717, 1.165) is 19.5 Å². The van der Waals surface area contributed by atoms with E-state index < -0.39 is 0 Å². The summed E-state index contributed by atoms with van der Waals surface area (Å²) in [5.74, 6) is 0.641. The minimum absolute atomic E-state index is 0.122. The molecule has 1 amide bonds. The van der Waals surface area contributed by atoms with E-state index in [4.69, 9.17) is 0 Å². The maximum Gasteiger partial charge on any atom is 0.233 e. The second-order valence-corrected chi connectivity index (χ2v) is 5.51. The van der Waals surface area contributed by atoms with Gasteiger partial charge in [-0.25, -0.2) is 0 Å². The SMILES string of the molecule is CC(C)CNC(=O)CNC1CCCN(C)CC1. The van der Waals surface area contributed by atoms with Crippen LogP contribution >= 0.6 is 0 Å². The summed E-state index contributed by atoms with van der Waals surface area (Å²) < 4.78 is 0. The molecule has 0 aliphatic carbocycles. The second-order valence-electron chi connectivity index (χ2n) is 5.51. The van der Waals surface area contributed by atoms with E-state index in [1.807, 2.05) is 0 Å². The molecule has 0 saturated carbocycles. The van der Waals surface area contributed by atoms with Gasteiger partial charge in [-0.3, -0.25) is 4.79 Å². The molecular weight excluding hydrogens is 214 g/mol. The number of nitrogens with zero attached hydrogens (tertiary/aromatic N) is 1. The molecule has 1 saturated heterocycles. The Morgan fingerprint density at radius 2 is 2.12 bits per heavy atom. The summed E-state index contributed by atoms with van der Waals surface area (Å²) in [5.41, 5.74) is 0. The Bertz CT molecular complexity index is 231. The second kappa shape index (κ2) is 7.67. The van der Waals surface area contributed by atoms with E-state index in [9.17, 15) is 4.79 Å². The predicted octanol–water partition coefficient (Wildman–Crippen LogP) is 0.833. The number of nitrogens with one attached hydrogen (secondary N) is 2. The van der Waals surface area contributed by atoms with Gasteiger partial charge in [0.2, 0.25) is 5.91 Å². The standard InChI is InChI=1S/C13H27N3O/c1-11(2)9-15-13(17)10-14-12-5-4-7-16(3)8-6-12/h11-12,14H,4-10H2,1-3H3,(H,15,17). The highest BCUT2D eigenvalue weighted by Crippen LogP contribution is 2.08. The fourth-order valence-electron chi connectivity index (χ4n) is 2.06. The Hall–Kier alpha value is -0.610. The first-order chi connectivity index (χ1) is 8.08. The molecule has 4 nitrogen and oxygen atoms in total. The molecule has 0 aromatic rings. The first-order valence-electron chi connectivity index (χ1n) is 6.76. The topological polar surface area (TPSA) is 44.4 Å². The summed E-state index contributed by atoms with van der Waals surface area (Å²) in [4.78, 5) is 13.9. The minimum Gasteiger partial charge on any atom is -0.355 e. The summed E-state index contributed by atoms with van der Waals surface area (Å²) >= 11 is 0. The lowest BCUT2D eigenvalue weighted by Crippen LogP contribution is -2.40. The van der Waals surface area contributed by atoms with Gasteiger partial charge in [-0.2, -0.15) is 0 Å². The van der Waals surface area contributed by atoms with E-state index >= 15 is 0 Å². The van der Waals surface area contributed by atoms with Gasteiger partial charge in [-0.15, -0.1) is 0 Å². The molecule has 1 fully saturated rings. The zero-order chi connectivity index (χ0) is 12.7. The van der Waals surface area contributed by atoms with Crippen molar-refractivity contribution in [1.29, 1.82) is 0 Å². The molecule has 1 aliphatic rings. The molecule has 1 heterocycles. The van der Waals surface area contributed by atoms with Crippen molar-refractivity contribution >= 4 is 5.91 Å². The molecule has 17 heavy (non-hydrogen) atoms. The quantitative estimate of drug-likeness (QED) is 0.749. The third-order valence-electron chi connectivity index (χ3n) is 3.21. The van der Waals surface area contributed by atoms with Gasteiger partial charge in [0.25, 0.3) is 0 Å². The molecule has 0 radical (unpaired) electrons.